The van der Waals surface area contributed by atoms with Gasteiger partial charge in [-0.3, -0.25) is 9.20 Å². The molecular formula is C17H17N3O2. The molecule has 0 amide bonds. The molecule has 0 saturated carbocycles. The van der Waals surface area contributed by atoms with E-state index in [0.717, 1.165) is 22.4 Å². The van der Waals surface area contributed by atoms with Crippen molar-refractivity contribution in [3.63, 3.8) is 0 Å². The molecule has 3 rings (SSSR count). The van der Waals surface area contributed by atoms with Crippen LogP contribution in [0.1, 0.15) is 23.7 Å². The molecule has 0 N–H and O–H groups in total. The van der Waals surface area contributed by atoms with Gasteiger partial charge in [-0.25, -0.2) is 9.97 Å². The molecule has 2 heterocycles. The number of ether oxygens (including phenoxy) is 1. The standard InChI is InChI=1S/C17H17N3O2/c1-10-5-7-14(8-6-10)15-16(22-13(4)21)20-12(3)11(2)9-18-17(20)19-15/h5-9H,1-4H3. The fourth-order valence-corrected chi connectivity index (χ4v) is 2.34. The van der Waals surface area contributed by atoms with Crippen LogP contribution in [0.4, 0.5) is 0 Å². The summed E-state index contributed by atoms with van der Waals surface area (Å²) < 4.78 is 7.22. The van der Waals surface area contributed by atoms with E-state index in [9.17, 15) is 4.79 Å². The van der Waals surface area contributed by atoms with Crippen molar-refractivity contribution in [2.24, 2.45) is 0 Å². The minimum absolute atomic E-state index is 0.379. The molecule has 0 unspecified atom stereocenters. The molecule has 0 radical (unpaired) electrons. The Labute approximate surface area is 128 Å². The van der Waals surface area contributed by atoms with Crippen molar-refractivity contribution in [2.45, 2.75) is 27.7 Å². The largest absolute Gasteiger partial charge is 0.407 e. The number of benzene rings is 1. The second-order valence-electron chi connectivity index (χ2n) is 5.39. The maximum absolute atomic E-state index is 11.5. The number of hydrogen-bond donors (Lipinski definition) is 0. The van der Waals surface area contributed by atoms with E-state index < -0.39 is 0 Å². The lowest BCUT2D eigenvalue weighted by molar-refractivity contribution is -0.132. The van der Waals surface area contributed by atoms with E-state index in [2.05, 4.69) is 9.97 Å². The highest BCUT2D eigenvalue weighted by atomic mass is 16.5. The molecule has 22 heavy (non-hydrogen) atoms. The molecule has 0 aliphatic carbocycles. The zero-order valence-corrected chi connectivity index (χ0v) is 13.0. The molecule has 0 atom stereocenters. The summed E-state index contributed by atoms with van der Waals surface area (Å²) in [5, 5.41) is 0. The smallest absolute Gasteiger partial charge is 0.309 e. The summed E-state index contributed by atoms with van der Waals surface area (Å²) in [6.45, 7) is 7.33. The maximum Gasteiger partial charge on any atom is 0.309 e. The van der Waals surface area contributed by atoms with Crippen LogP contribution in [0.2, 0.25) is 0 Å². The number of rotatable bonds is 2. The van der Waals surface area contributed by atoms with Crippen molar-refractivity contribution in [3.05, 3.63) is 47.3 Å². The Morgan fingerprint density at radius 1 is 1.14 bits per heavy atom. The molecule has 0 spiro atoms. The number of aryl methyl sites for hydroxylation is 3. The summed E-state index contributed by atoms with van der Waals surface area (Å²) in [4.78, 5) is 20.4. The first kappa shape index (κ1) is 14.3. The SMILES string of the molecule is CC(=O)Oc1c(-c2ccc(C)cc2)nc2ncc(C)c(C)n12. The third kappa shape index (κ3) is 2.35. The summed E-state index contributed by atoms with van der Waals surface area (Å²) in [5.74, 6) is 0.561. The number of hydrogen-bond acceptors (Lipinski definition) is 4. The molecule has 112 valence electrons. The summed E-state index contributed by atoms with van der Waals surface area (Å²) in [6, 6.07) is 7.93. The molecule has 0 bridgehead atoms. The lowest BCUT2D eigenvalue weighted by Gasteiger charge is -2.08. The van der Waals surface area contributed by atoms with Crippen LogP contribution in [0, 0.1) is 20.8 Å². The maximum atomic E-state index is 11.5. The number of carbonyl (C=O) groups is 1. The molecule has 0 aliphatic heterocycles. The molecule has 0 saturated heterocycles. The van der Waals surface area contributed by atoms with Gasteiger partial charge in [0.15, 0.2) is 0 Å². The fraction of sp³-hybridized carbons (Fsp3) is 0.235. The van der Waals surface area contributed by atoms with E-state index in [-0.39, 0.29) is 5.97 Å². The van der Waals surface area contributed by atoms with Crippen molar-refractivity contribution in [1.82, 2.24) is 14.4 Å². The summed E-state index contributed by atoms with van der Waals surface area (Å²) in [6.07, 6.45) is 1.77. The number of nitrogens with zero attached hydrogens (tertiary/aromatic N) is 3. The zero-order valence-electron chi connectivity index (χ0n) is 13.0. The van der Waals surface area contributed by atoms with E-state index >= 15 is 0 Å². The van der Waals surface area contributed by atoms with Gasteiger partial charge in [-0.05, 0) is 26.3 Å². The molecule has 2 aromatic heterocycles. The van der Waals surface area contributed by atoms with Crippen LogP contribution in [0.3, 0.4) is 0 Å². The fourth-order valence-electron chi connectivity index (χ4n) is 2.34. The highest BCUT2D eigenvalue weighted by Crippen LogP contribution is 2.32. The number of imidazole rings is 1. The quantitative estimate of drug-likeness (QED) is 0.681. The Bertz CT molecular complexity index is 864. The third-order valence-corrected chi connectivity index (χ3v) is 3.66. The molecular weight excluding hydrogens is 278 g/mol. The van der Waals surface area contributed by atoms with E-state index in [1.165, 1.54) is 6.92 Å². The first-order valence-electron chi connectivity index (χ1n) is 7.07. The van der Waals surface area contributed by atoms with E-state index in [0.29, 0.717) is 17.4 Å². The third-order valence-electron chi connectivity index (χ3n) is 3.66. The van der Waals surface area contributed by atoms with Crippen LogP contribution in [0.15, 0.2) is 30.5 Å². The van der Waals surface area contributed by atoms with Crippen LogP contribution >= 0.6 is 0 Å². The van der Waals surface area contributed by atoms with Gasteiger partial charge < -0.3 is 4.74 Å². The van der Waals surface area contributed by atoms with Gasteiger partial charge in [0.1, 0.15) is 5.69 Å². The number of aromatic nitrogens is 3. The highest BCUT2D eigenvalue weighted by molar-refractivity contribution is 5.75. The monoisotopic (exact) mass is 295 g/mol. The van der Waals surface area contributed by atoms with Crippen LogP contribution in [-0.4, -0.2) is 20.3 Å². The van der Waals surface area contributed by atoms with E-state index in [1.54, 1.807) is 10.6 Å². The molecule has 1 aromatic carbocycles. The van der Waals surface area contributed by atoms with E-state index in [1.807, 2.05) is 45.0 Å². The second kappa shape index (κ2) is 5.26. The number of carbonyl (C=O) groups excluding carboxylic acids is 1. The van der Waals surface area contributed by atoms with Crippen LogP contribution < -0.4 is 4.74 Å². The van der Waals surface area contributed by atoms with Gasteiger partial charge in [0, 0.05) is 24.4 Å². The lowest BCUT2D eigenvalue weighted by atomic mass is 10.1. The minimum atomic E-state index is -0.379. The number of fused-ring (bicyclic) bond motifs is 1. The lowest BCUT2D eigenvalue weighted by Crippen LogP contribution is -2.07. The van der Waals surface area contributed by atoms with Crippen molar-refractivity contribution in [3.8, 4) is 17.1 Å². The molecule has 3 aromatic rings. The van der Waals surface area contributed by atoms with Crippen molar-refractivity contribution in [2.75, 3.05) is 0 Å². The van der Waals surface area contributed by atoms with E-state index in [4.69, 9.17) is 4.74 Å². The van der Waals surface area contributed by atoms with Crippen LogP contribution in [-0.2, 0) is 4.79 Å². The Morgan fingerprint density at radius 2 is 1.82 bits per heavy atom. The highest BCUT2D eigenvalue weighted by Gasteiger charge is 2.19. The zero-order chi connectivity index (χ0) is 15.9. The van der Waals surface area contributed by atoms with Crippen molar-refractivity contribution < 1.29 is 9.53 Å². The van der Waals surface area contributed by atoms with Gasteiger partial charge in [-0.1, -0.05) is 29.8 Å². The summed E-state index contributed by atoms with van der Waals surface area (Å²) in [5.41, 5.74) is 4.63. The minimum Gasteiger partial charge on any atom is -0.407 e. The summed E-state index contributed by atoms with van der Waals surface area (Å²) in [7, 11) is 0. The van der Waals surface area contributed by atoms with Gasteiger partial charge in [0.25, 0.3) is 0 Å². The van der Waals surface area contributed by atoms with Gasteiger partial charge in [0.05, 0.1) is 0 Å². The van der Waals surface area contributed by atoms with Gasteiger partial charge in [-0.15, -0.1) is 0 Å². The second-order valence-corrected chi connectivity index (χ2v) is 5.39. The average Bonchev–Trinajstić information content (AvgIpc) is 2.82. The predicted octanol–water partition coefficient (Wildman–Crippen LogP) is 3.25. The Kier molecular flexibility index (Phi) is 3.41. The first-order chi connectivity index (χ1) is 10.5. The topological polar surface area (TPSA) is 56.5 Å². The Hall–Kier alpha value is -2.69. The Balaban J connectivity index is 2.31. The van der Waals surface area contributed by atoms with Gasteiger partial charge in [-0.2, -0.15) is 0 Å². The van der Waals surface area contributed by atoms with Crippen molar-refractivity contribution in [1.29, 1.82) is 0 Å². The normalized spacial score (nSPS) is 10.9. The van der Waals surface area contributed by atoms with Crippen LogP contribution in [0.25, 0.3) is 17.0 Å². The Morgan fingerprint density at radius 3 is 2.45 bits per heavy atom. The predicted molar refractivity (Wildman–Crippen MR) is 83.9 cm³/mol. The summed E-state index contributed by atoms with van der Waals surface area (Å²) >= 11 is 0. The van der Waals surface area contributed by atoms with Crippen LogP contribution in [0.5, 0.6) is 5.88 Å². The molecule has 0 fully saturated rings. The average molecular weight is 295 g/mol. The molecule has 5 nitrogen and oxygen atoms in total. The number of esters is 1. The van der Waals surface area contributed by atoms with Crippen molar-refractivity contribution >= 4 is 11.7 Å². The molecule has 5 heteroatoms. The first-order valence-corrected chi connectivity index (χ1v) is 7.07. The van der Waals surface area contributed by atoms with Gasteiger partial charge in [0.2, 0.25) is 11.7 Å². The molecule has 0 aliphatic rings. The van der Waals surface area contributed by atoms with Gasteiger partial charge >= 0.3 is 5.97 Å².